The van der Waals surface area contributed by atoms with E-state index in [1.165, 1.54) is 6.20 Å². The highest BCUT2D eigenvalue weighted by Crippen LogP contribution is 2.35. The molecule has 1 N–H and O–H groups in total. The van der Waals surface area contributed by atoms with Gasteiger partial charge in [0.15, 0.2) is 0 Å². The molecule has 8 heteroatoms. The summed E-state index contributed by atoms with van der Waals surface area (Å²) in [4.78, 5) is 21.1. The van der Waals surface area contributed by atoms with Crippen molar-refractivity contribution in [3.63, 3.8) is 0 Å². The molecular formula is C17H18ClN3O4. The Morgan fingerprint density at radius 3 is 2.88 bits per heavy atom. The van der Waals surface area contributed by atoms with Crippen LogP contribution < -0.4 is 4.74 Å². The van der Waals surface area contributed by atoms with Crippen LogP contribution in [0, 0.1) is 0 Å². The molecule has 0 bridgehead atoms. The van der Waals surface area contributed by atoms with E-state index >= 15 is 0 Å². The van der Waals surface area contributed by atoms with Gasteiger partial charge in [-0.3, -0.25) is 4.90 Å². The van der Waals surface area contributed by atoms with E-state index in [1.807, 2.05) is 0 Å². The second-order valence-corrected chi connectivity index (χ2v) is 5.90. The Labute approximate surface area is 150 Å². The van der Waals surface area contributed by atoms with Crippen LogP contribution in [0.15, 0.2) is 30.5 Å². The number of hydrogen-bond acceptors (Lipinski definition) is 6. The van der Waals surface area contributed by atoms with Crippen molar-refractivity contribution in [3.05, 3.63) is 41.3 Å². The van der Waals surface area contributed by atoms with Gasteiger partial charge in [0.05, 0.1) is 23.9 Å². The topological polar surface area (TPSA) is 84.8 Å². The van der Waals surface area contributed by atoms with Gasteiger partial charge < -0.3 is 14.6 Å². The highest BCUT2D eigenvalue weighted by atomic mass is 35.5. The van der Waals surface area contributed by atoms with Gasteiger partial charge in [0.2, 0.25) is 5.82 Å². The zero-order chi connectivity index (χ0) is 17.6. The maximum atomic E-state index is 11.1. The number of ether oxygens (including phenoxy) is 2. The molecule has 3 rings (SSSR count). The Balaban J connectivity index is 1.77. The third kappa shape index (κ3) is 4.45. The number of benzene rings is 1. The number of aromatic nitrogens is 2. The number of para-hydroxylation sites is 1. The first-order valence-electron chi connectivity index (χ1n) is 7.93. The summed E-state index contributed by atoms with van der Waals surface area (Å²) in [6.07, 6.45) is 1.41. The van der Waals surface area contributed by atoms with Gasteiger partial charge in [0.1, 0.15) is 12.4 Å². The van der Waals surface area contributed by atoms with E-state index < -0.39 is 5.97 Å². The number of halogens is 1. The summed E-state index contributed by atoms with van der Waals surface area (Å²) in [6.45, 7) is 4.46. The van der Waals surface area contributed by atoms with Gasteiger partial charge in [-0.2, -0.15) is 0 Å². The van der Waals surface area contributed by atoms with E-state index in [4.69, 9.17) is 26.2 Å². The van der Waals surface area contributed by atoms with Crippen LogP contribution in [0.3, 0.4) is 0 Å². The van der Waals surface area contributed by atoms with E-state index in [0.717, 1.165) is 32.8 Å². The molecule has 1 aliphatic heterocycles. The van der Waals surface area contributed by atoms with Crippen molar-refractivity contribution in [3.8, 4) is 17.0 Å². The number of nitrogens with zero attached hydrogens (tertiary/aromatic N) is 3. The predicted molar refractivity (Wildman–Crippen MR) is 92.2 cm³/mol. The van der Waals surface area contributed by atoms with Crippen molar-refractivity contribution < 1.29 is 19.4 Å². The zero-order valence-electron chi connectivity index (χ0n) is 13.5. The lowest BCUT2D eigenvalue weighted by atomic mass is 10.1. The van der Waals surface area contributed by atoms with Gasteiger partial charge in [0, 0.05) is 31.4 Å². The zero-order valence-corrected chi connectivity index (χ0v) is 14.3. The summed E-state index contributed by atoms with van der Waals surface area (Å²) >= 11 is 6.28. The molecule has 1 aromatic heterocycles. The third-order valence-corrected chi connectivity index (χ3v) is 4.15. The summed E-state index contributed by atoms with van der Waals surface area (Å²) in [5, 5.41) is 9.52. The van der Waals surface area contributed by atoms with Gasteiger partial charge in [-0.1, -0.05) is 17.7 Å². The molecule has 25 heavy (non-hydrogen) atoms. The minimum Gasteiger partial charge on any atom is -0.490 e. The fourth-order valence-corrected chi connectivity index (χ4v) is 2.80. The lowest BCUT2D eigenvalue weighted by Gasteiger charge is -2.26. The number of carboxylic acid groups (broad SMARTS) is 1. The number of carbonyl (C=O) groups is 1. The normalized spacial score (nSPS) is 15.1. The molecule has 1 aromatic carbocycles. The standard InChI is InChI=1S/C17H18ClN3O4/c18-13-3-1-2-12(14-4-5-19-16(20-14)17(22)23)15(13)25-11-8-21-6-9-24-10-7-21/h1-5H,6-11H2,(H,22,23). The van der Waals surface area contributed by atoms with Crippen molar-refractivity contribution >= 4 is 17.6 Å². The van der Waals surface area contributed by atoms with Crippen molar-refractivity contribution in [2.45, 2.75) is 0 Å². The molecule has 2 heterocycles. The molecule has 0 unspecified atom stereocenters. The highest BCUT2D eigenvalue weighted by molar-refractivity contribution is 6.32. The first-order valence-corrected chi connectivity index (χ1v) is 8.31. The maximum Gasteiger partial charge on any atom is 0.373 e. The van der Waals surface area contributed by atoms with Crippen LogP contribution in [-0.2, 0) is 4.74 Å². The fourth-order valence-electron chi connectivity index (χ4n) is 2.57. The Hall–Kier alpha value is -2.22. The summed E-state index contributed by atoms with van der Waals surface area (Å²) in [5.74, 6) is -0.956. The first-order chi connectivity index (χ1) is 12.1. The largest absolute Gasteiger partial charge is 0.490 e. The fraction of sp³-hybridized carbons (Fsp3) is 0.353. The van der Waals surface area contributed by atoms with E-state index in [9.17, 15) is 4.79 Å². The molecule has 1 aliphatic rings. The minimum absolute atomic E-state index is 0.267. The Kier molecular flexibility index (Phi) is 5.80. The van der Waals surface area contributed by atoms with E-state index in [-0.39, 0.29) is 5.82 Å². The molecule has 1 saturated heterocycles. The van der Waals surface area contributed by atoms with Gasteiger partial charge in [-0.15, -0.1) is 0 Å². The number of morpholine rings is 1. The monoisotopic (exact) mass is 363 g/mol. The molecule has 7 nitrogen and oxygen atoms in total. The van der Waals surface area contributed by atoms with Crippen LogP contribution in [0.2, 0.25) is 5.02 Å². The van der Waals surface area contributed by atoms with E-state index in [0.29, 0.717) is 28.6 Å². The lowest BCUT2D eigenvalue weighted by molar-refractivity contribution is 0.0323. The Morgan fingerprint density at radius 2 is 2.12 bits per heavy atom. The molecular weight excluding hydrogens is 346 g/mol. The average Bonchev–Trinajstić information content (AvgIpc) is 2.64. The predicted octanol–water partition coefficient (Wildman–Crippen LogP) is 2.21. The van der Waals surface area contributed by atoms with Crippen molar-refractivity contribution in [2.75, 3.05) is 39.5 Å². The minimum atomic E-state index is -1.18. The SMILES string of the molecule is O=C(O)c1nccc(-c2cccc(Cl)c2OCCN2CCOCC2)n1. The van der Waals surface area contributed by atoms with E-state index in [2.05, 4.69) is 14.9 Å². The van der Waals surface area contributed by atoms with Gasteiger partial charge in [-0.25, -0.2) is 14.8 Å². The summed E-state index contributed by atoms with van der Waals surface area (Å²) in [6, 6.07) is 6.93. The van der Waals surface area contributed by atoms with Crippen LogP contribution in [0.5, 0.6) is 5.75 Å². The van der Waals surface area contributed by atoms with E-state index in [1.54, 1.807) is 24.3 Å². The number of carboxylic acids is 1. The quantitative estimate of drug-likeness (QED) is 0.842. The maximum absolute atomic E-state index is 11.1. The van der Waals surface area contributed by atoms with Crippen LogP contribution in [0.4, 0.5) is 0 Å². The molecule has 1 fully saturated rings. The lowest BCUT2D eigenvalue weighted by Crippen LogP contribution is -2.38. The highest BCUT2D eigenvalue weighted by Gasteiger charge is 2.16. The smallest absolute Gasteiger partial charge is 0.373 e. The van der Waals surface area contributed by atoms with Crippen molar-refractivity contribution in [1.82, 2.24) is 14.9 Å². The molecule has 0 spiro atoms. The van der Waals surface area contributed by atoms with Gasteiger partial charge >= 0.3 is 5.97 Å². The van der Waals surface area contributed by atoms with Crippen molar-refractivity contribution in [1.29, 1.82) is 0 Å². The summed E-state index contributed by atoms with van der Waals surface area (Å²) in [5.41, 5.74) is 1.09. The van der Waals surface area contributed by atoms with Crippen molar-refractivity contribution in [2.24, 2.45) is 0 Å². The molecule has 0 aliphatic carbocycles. The molecule has 2 aromatic rings. The number of aromatic carboxylic acids is 1. The summed E-state index contributed by atoms with van der Waals surface area (Å²) in [7, 11) is 0. The molecule has 0 amide bonds. The number of hydrogen-bond donors (Lipinski definition) is 1. The third-order valence-electron chi connectivity index (χ3n) is 3.85. The molecule has 132 valence electrons. The first kappa shape index (κ1) is 17.6. The van der Waals surface area contributed by atoms with Gasteiger partial charge in [0.25, 0.3) is 0 Å². The molecule has 0 atom stereocenters. The van der Waals surface area contributed by atoms with Crippen LogP contribution in [-0.4, -0.2) is 65.4 Å². The van der Waals surface area contributed by atoms with Crippen LogP contribution >= 0.6 is 11.6 Å². The summed E-state index contributed by atoms with van der Waals surface area (Å²) < 4.78 is 11.2. The molecule has 0 saturated carbocycles. The average molecular weight is 364 g/mol. The Bertz CT molecular complexity index is 750. The Morgan fingerprint density at radius 1 is 1.32 bits per heavy atom. The molecule has 0 radical (unpaired) electrons. The van der Waals surface area contributed by atoms with Gasteiger partial charge in [-0.05, 0) is 18.2 Å². The van der Waals surface area contributed by atoms with Crippen LogP contribution in [0.25, 0.3) is 11.3 Å². The second-order valence-electron chi connectivity index (χ2n) is 5.49. The second kappa shape index (κ2) is 8.24. The number of rotatable bonds is 6. The van der Waals surface area contributed by atoms with Crippen LogP contribution in [0.1, 0.15) is 10.6 Å².